The Labute approximate surface area is 169 Å². The summed E-state index contributed by atoms with van der Waals surface area (Å²) in [6.45, 7) is 4.13. The van der Waals surface area contributed by atoms with Crippen molar-refractivity contribution in [3.05, 3.63) is 83.8 Å². The van der Waals surface area contributed by atoms with E-state index in [0.717, 1.165) is 5.56 Å². The lowest BCUT2D eigenvalue weighted by Crippen LogP contribution is -2.33. The van der Waals surface area contributed by atoms with Gasteiger partial charge in [-0.25, -0.2) is 0 Å². The van der Waals surface area contributed by atoms with Gasteiger partial charge < -0.3 is 19.8 Å². The number of rotatable bonds is 8. The second-order valence-electron chi connectivity index (χ2n) is 6.62. The number of anilines is 1. The lowest BCUT2D eigenvalue weighted by atomic mass is 10.1. The van der Waals surface area contributed by atoms with Crippen LogP contribution in [-0.4, -0.2) is 17.9 Å². The van der Waals surface area contributed by atoms with Gasteiger partial charge in [-0.3, -0.25) is 9.59 Å². The molecule has 0 saturated carbocycles. The fraction of sp³-hybridized carbons (Fsp3) is 0.217. The second-order valence-corrected chi connectivity index (χ2v) is 6.62. The third-order valence-electron chi connectivity index (χ3n) is 4.40. The molecule has 0 fully saturated rings. The monoisotopic (exact) mass is 392 g/mol. The van der Waals surface area contributed by atoms with E-state index < -0.39 is 6.10 Å². The summed E-state index contributed by atoms with van der Waals surface area (Å²) in [5.74, 6) is 0.670. The molecule has 0 aliphatic carbocycles. The first kappa shape index (κ1) is 20.2. The summed E-state index contributed by atoms with van der Waals surface area (Å²) in [6, 6.07) is 17.9. The molecule has 2 amide bonds. The molecule has 0 saturated heterocycles. The Morgan fingerprint density at radius 2 is 1.79 bits per heavy atom. The van der Waals surface area contributed by atoms with Crippen molar-refractivity contribution >= 4 is 17.5 Å². The summed E-state index contributed by atoms with van der Waals surface area (Å²) in [4.78, 5) is 25.3. The van der Waals surface area contributed by atoms with Gasteiger partial charge in [-0.15, -0.1) is 0 Å². The summed E-state index contributed by atoms with van der Waals surface area (Å²) in [7, 11) is 0. The molecule has 3 aromatic rings. The maximum Gasteiger partial charge on any atom is 0.265 e. The lowest BCUT2D eigenvalue weighted by Gasteiger charge is -2.18. The lowest BCUT2D eigenvalue weighted by molar-refractivity contribution is -0.122. The molecular weight excluding hydrogens is 368 g/mol. The molecule has 2 aromatic carbocycles. The summed E-state index contributed by atoms with van der Waals surface area (Å²) in [6.07, 6.45) is 1.37. The van der Waals surface area contributed by atoms with E-state index in [9.17, 15) is 9.59 Å². The highest BCUT2D eigenvalue weighted by atomic mass is 16.5. The fourth-order valence-corrected chi connectivity index (χ4v) is 2.78. The minimum atomic E-state index is -0.669. The van der Waals surface area contributed by atoms with Crippen LogP contribution in [0.15, 0.2) is 71.3 Å². The van der Waals surface area contributed by atoms with Crippen LogP contribution in [0.1, 0.15) is 35.0 Å². The molecule has 3 rings (SSSR count). The van der Waals surface area contributed by atoms with Crippen molar-refractivity contribution in [1.82, 2.24) is 5.32 Å². The van der Waals surface area contributed by atoms with Gasteiger partial charge in [-0.05, 0) is 49.7 Å². The highest BCUT2D eigenvalue weighted by molar-refractivity contribution is 6.04. The standard InChI is InChI=1S/C23H24N2O4/c1-3-21(29-17-12-10-16(2)11-13-17)23(27)25-20-9-5-4-8-19(20)22(26)24-15-18-7-6-14-28-18/h4-14,21H,3,15H2,1-2H3,(H,24,26)(H,25,27). The van der Waals surface area contributed by atoms with Crippen LogP contribution in [-0.2, 0) is 11.3 Å². The zero-order valence-electron chi connectivity index (χ0n) is 16.5. The van der Waals surface area contributed by atoms with Crippen LogP contribution in [0.4, 0.5) is 5.69 Å². The van der Waals surface area contributed by atoms with Crippen molar-refractivity contribution in [1.29, 1.82) is 0 Å². The van der Waals surface area contributed by atoms with Gasteiger partial charge in [0.05, 0.1) is 24.1 Å². The summed E-state index contributed by atoms with van der Waals surface area (Å²) in [5.41, 5.74) is 1.92. The van der Waals surface area contributed by atoms with Crippen molar-refractivity contribution in [2.24, 2.45) is 0 Å². The summed E-state index contributed by atoms with van der Waals surface area (Å²) in [5, 5.41) is 5.61. The average molecular weight is 392 g/mol. The van der Waals surface area contributed by atoms with Crippen LogP contribution in [0.2, 0.25) is 0 Å². The van der Waals surface area contributed by atoms with E-state index in [1.165, 1.54) is 0 Å². The molecule has 0 bridgehead atoms. The molecule has 6 nitrogen and oxygen atoms in total. The number of carbonyl (C=O) groups is 2. The van der Waals surface area contributed by atoms with Gasteiger partial charge in [-0.2, -0.15) is 0 Å². The number of benzene rings is 2. The van der Waals surface area contributed by atoms with E-state index in [0.29, 0.717) is 29.2 Å². The largest absolute Gasteiger partial charge is 0.481 e. The van der Waals surface area contributed by atoms with Crippen molar-refractivity contribution in [3.8, 4) is 5.75 Å². The molecule has 1 heterocycles. The van der Waals surface area contributed by atoms with Gasteiger partial charge in [0, 0.05) is 0 Å². The van der Waals surface area contributed by atoms with Crippen molar-refractivity contribution < 1.29 is 18.7 Å². The number of para-hydroxylation sites is 1. The molecular formula is C23H24N2O4. The molecule has 150 valence electrons. The van der Waals surface area contributed by atoms with E-state index in [1.54, 1.807) is 42.7 Å². The number of furan rings is 1. The number of carbonyl (C=O) groups excluding carboxylic acids is 2. The van der Waals surface area contributed by atoms with Crippen LogP contribution < -0.4 is 15.4 Å². The Balaban J connectivity index is 1.67. The first-order valence-electron chi connectivity index (χ1n) is 9.50. The van der Waals surface area contributed by atoms with Crippen LogP contribution >= 0.6 is 0 Å². The molecule has 29 heavy (non-hydrogen) atoms. The molecule has 1 unspecified atom stereocenters. The number of amides is 2. The van der Waals surface area contributed by atoms with Gasteiger partial charge in [0.25, 0.3) is 11.8 Å². The highest BCUT2D eigenvalue weighted by Crippen LogP contribution is 2.19. The molecule has 1 atom stereocenters. The molecule has 0 aliphatic rings. The molecule has 0 aliphatic heterocycles. The number of aryl methyl sites for hydroxylation is 1. The Hall–Kier alpha value is -3.54. The van der Waals surface area contributed by atoms with Crippen LogP contribution in [0.5, 0.6) is 5.75 Å². The first-order chi connectivity index (χ1) is 14.1. The van der Waals surface area contributed by atoms with Crippen LogP contribution in [0.3, 0.4) is 0 Å². The Kier molecular flexibility index (Phi) is 6.68. The molecule has 0 spiro atoms. The van der Waals surface area contributed by atoms with E-state index >= 15 is 0 Å². The third-order valence-corrected chi connectivity index (χ3v) is 4.40. The van der Waals surface area contributed by atoms with Crippen LogP contribution in [0, 0.1) is 6.92 Å². The zero-order valence-corrected chi connectivity index (χ0v) is 16.5. The molecule has 2 N–H and O–H groups in total. The van der Waals surface area contributed by atoms with Crippen molar-refractivity contribution in [2.75, 3.05) is 5.32 Å². The van der Waals surface area contributed by atoms with Gasteiger partial charge in [0.1, 0.15) is 11.5 Å². The number of nitrogens with one attached hydrogen (secondary N) is 2. The number of hydrogen-bond acceptors (Lipinski definition) is 4. The van der Waals surface area contributed by atoms with E-state index in [1.807, 2.05) is 38.1 Å². The Bertz CT molecular complexity index is 949. The quantitative estimate of drug-likeness (QED) is 0.598. The van der Waals surface area contributed by atoms with Gasteiger partial charge in [-0.1, -0.05) is 36.8 Å². The average Bonchev–Trinajstić information content (AvgIpc) is 3.25. The predicted octanol–water partition coefficient (Wildman–Crippen LogP) is 4.31. The molecule has 6 heteroatoms. The first-order valence-corrected chi connectivity index (χ1v) is 9.50. The Morgan fingerprint density at radius 3 is 2.48 bits per heavy atom. The highest BCUT2D eigenvalue weighted by Gasteiger charge is 2.21. The third kappa shape index (κ3) is 5.48. The Morgan fingerprint density at radius 1 is 1.03 bits per heavy atom. The minimum absolute atomic E-state index is 0.266. The van der Waals surface area contributed by atoms with E-state index in [4.69, 9.17) is 9.15 Å². The van der Waals surface area contributed by atoms with Crippen molar-refractivity contribution in [3.63, 3.8) is 0 Å². The summed E-state index contributed by atoms with van der Waals surface area (Å²) >= 11 is 0. The topological polar surface area (TPSA) is 80.6 Å². The van der Waals surface area contributed by atoms with E-state index in [-0.39, 0.29) is 18.4 Å². The van der Waals surface area contributed by atoms with Gasteiger partial charge >= 0.3 is 0 Å². The predicted molar refractivity (Wildman–Crippen MR) is 111 cm³/mol. The van der Waals surface area contributed by atoms with Gasteiger partial charge in [0.15, 0.2) is 6.10 Å². The molecule has 1 aromatic heterocycles. The maximum absolute atomic E-state index is 12.8. The van der Waals surface area contributed by atoms with E-state index in [2.05, 4.69) is 10.6 Å². The van der Waals surface area contributed by atoms with Crippen molar-refractivity contribution in [2.45, 2.75) is 32.9 Å². The SMILES string of the molecule is CCC(Oc1ccc(C)cc1)C(=O)Nc1ccccc1C(=O)NCc1ccco1. The molecule has 0 radical (unpaired) electrons. The smallest absolute Gasteiger partial charge is 0.265 e. The number of ether oxygens (including phenoxy) is 1. The number of hydrogen-bond donors (Lipinski definition) is 2. The fourth-order valence-electron chi connectivity index (χ4n) is 2.78. The maximum atomic E-state index is 12.8. The summed E-state index contributed by atoms with van der Waals surface area (Å²) < 4.78 is 11.0. The second kappa shape index (κ2) is 9.59. The van der Waals surface area contributed by atoms with Gasteiger partial charge in [0.2, 0.25) is 0 Å². The minimum Gasteiger partial charge on any atom is -0.481 e. The normalized spacial score (nSPS) is 11.5. The zero-order chi connectivity index (χ0) is 20.6. The van der Waals surface area contributed by atoms with Crippen LogP contribution in [0.25, 0.3) is 0 Å².